The number of aromatic nitrogens is 2. The lowest BCUT2D eigenvalue weighted by molar-refractivity contribution is -0.123. The molecule has 15 heteroatoms. The average molecular weight is 685 g/mol. The molecule has 3 heterocycles. The van der Waals surface area contributed by atoms with Crippen LogP contribution in [0.15, 0.2) is 24.4 Å². The van der Waals surface area contributed by atoms with E-state index in [9.17, 15) is 33.1 Å². The summed E-state index contributed by atoms with van der Waals surface area (Å²) in [5, 5.41) is 17.6. The van der Waals surface area contributed by atoms with E-state index >= 15 is 0 Å². The third kappa shape index (κ3) is 7.72. The number of thiazole rings is 1. The second kappa shape index (κ2) is 13.5. The second-order valence-corrected chi connectivity index (χ2v) is 14.5. The number of ketones is 1. The molecule has 1 atom stereocenters. The summed E-state index contributed by atoms with van der Waals surface area (Å²) in [7, 11) is 0. The number of halogens is 2. The number of benzene rings is 1. The van der Waals surface area contributed by atoms with Gasteiger partial charge in [-0.05, 0) is 52.2 Å². The molecule has 0 radical (unpaired) electrons. The number of hydrogen-bond acceptors (Lipinski definition) is 9. The van der Waals surface area contributed by atoms with Gasteiger partial charge in [-0.15, -0.1) is 0 Å². The Bertz CT molecular complexity index is 1750. The molecule has 1 fully saturated rings. The number of ether oxygens (including phenoxy) is 1. The van der Waals surface area contributed by atoms with Crippen LogP contribution >= 0.6 is 11.3 Å². The fourth-order valence-electron chi connectivity index (χ4n) is 5.87. The standard InChI is InChI=1S/C33H38F2N6O6S/c1-32(2,3)47-31(46)40-27-21(38-28(48-27)24-19(34)9-6-10-20(24)35)14-33(4,5)29(43)39-22-15-36-25-18(11-12-23(25)42)26(22)41-13-7-8-17(16-41)37-30(44)45/h6,9-10,15,17,37H,7-8,11-14,16H2,1-5H3,(H,39,43)(H,40,46)(H,44,45)/t17-/m0/s1. The molecule has 256 valence electrons. The van der Waals surface area contributed by atoms with Gasteiger partial charge in [-0.1, -0.05) is 31.3 Å². The number of carboxylic acid groups (broad SMARTS) is 1. The zero-order chi connectivity index (χ0) is 35.0. The van der Waals surface area contributed by atoms with Gasteiger partial charge in [-0.3, -0.25) is 19.9 Å². The molecule has 0 bridgehead atoms. The molecule has 1 aromatic carbocycles. The van der Waals surface area contributed by atoms with Gasteiger partial charge in [-0.25, -0.2) is 23.4 Å². The highest BCUT2D eigenvalue weighted by Crippen LogP contribution is 2.41. The minimum absolute atomic E-state index is 0.0211. The number of carbonyl (C=O) groups is 4. The van der Waals surface area contributed by atoms with Crippen molar-refractivity contribution < 1.29 is 37.8 Å². The monoisotopic (exact) mass is 684 g/mol. The molecule has 0 saturated carbocycles. The Hall–Kier alpha value is -4.66. The first-order chi connectivity index (χ1) is 22.5. The second-order valence-electron chi connectivity index (χ2n) is 13.5. The van der Waals surface area contributed by atoms with Crippen LogP contribution in [0.1, 0.15) is 75.6 Å². The molecule has 48 heavy (non-hydrogen) atoms. The first kappa shape index (κ1) is 34.7. The van der Waals surface area contributed by atoms with Crippen molar-refractivity contribution in [1.29, 1.82) is 0 Å². The lowest BCUT2D eigenvalue weighted by atomic mass is 9.86. The SMILES string of the molecule is CC(C)(C)OC(=O)Nc1sc(-c2c(F)cccc2F)nc1CC(C)(C)C(=O)Nc1cnc2c(c1N1CCC[C@H](NC(=O)O)C1)CCC2=O. The Morgan fingerprint density at radius 3 is 2.48 bits per heavy atom. The van der Waals surface area contributed by atoms with Crippen LogP contribution < -0.4 is 20.9 Å². The van der Waals surface area contributed by atoms with E-state index < -0.39 is 40.7 Å². The van der Waals surface area contributed by atoms with Gasteiger partial charge < -0.3 is 25.4 Å². The van der Waals surface area contributed by atoms with Crippen LogP contribution in [-0.2, 0) is 22.4 Å². The number of pyridine rings is 1. The molecule has 1 aliphatic heterocycles. The van der Waals surface area contributed by atoms with E-state index in [0.29, 0.717) is 55.0 Å². The molecule has 0 spiro atoms. The number of fused-ring (bicyclic) bond motifs is 1. The molecular weight excluding hydrogens is 646 g/mol. The minimum atomic E-state index is -1.19. The first-order valence-electron chi connectivity index (χ1n) is 15.6. The summed E-state index contributed by atoms with van der Waals surface area (Å²) in [5.41, 5.74) is -0.106. The maximum atomic E-state index is 14.8. The predicted molar refractivity (Wildman–Crippen MR) is 177 cm³/mol. The maximum Gasteiger partial charge on any atom is 0.412 e. The van der Waals surface area contributed by atoms with Gasteiger partial charge in [0, 0.05) is 43.0 Å². The molecule has 0 unspecified atom stereocenters. The van der Waals surface area contributed by atoms with Crippen molar-refractivity contribution >= 4 is 51.6 Å². The maximum absolute atomic E-state index is 14.8. The van der Waals surface area contributed by atoms with Crippen LogP contribution in [0, 0.1) is 17.0 Å². The largest absolute Gasteiger partial charge is 0.465 e. The molecule has 2 aliphatic rings. The highest BCUT2D eigenvalue weighted by Gasteiger charge is 2.36. The van der Waals surface area contributed by atoms with Gasteiger partial charge >= 0.3 is 12.2 Å². The lowest BCUT2D eigenvalue weighted by Crippen LogP contribution is -2.48. The third-order valence-corrected chi connectivity index (χ3v) is 9.07. The summed E-state index contributed by atoms with van der Waals surface area (Å²) >= 11 is 0.860. The highest BCUT2D eigenvalue weighted by atomic mass is 32.1. The number of rotatable bonds is 8. The molecule has 1 saturated heterocycles. The zero-order valence-electron chi connectivity index (χ0n) is 27.3. The van der Waals surface area contributed by atoms with Gasteiger partial charge in [-0.2, -0.15) is 0 Å². The fraction of sp³-hybridized carbons (Fsp3) is 0.455. The minimum Gasteiger partial charge on any atom is -0.465 e. The number of anilines is 3. The Labute approximate surface area is 280 Å². The van der Waals surface area contributed by atoms with Gasteiger partial charge in [0.25, 0.3) is 0 Å². The summed E-state index contributed by atoms with van der Waals surface area (Å²) in [6, 6.07) is 3.11. The van der Waals surface area contributed by atoms with E-state index in [-0.39, 0.29) is 45.9 Å². The van der Waals surface area contributed by atoms with Crippen LogP contribution in [0.3, 0.4) is 0 Å². The Kier molecular flexibility index (Phi) is 9.72. The van der Waals surface area contributed by atoms with Crippen molar-refractivity contribution in [1.82, 2.24) is 15.3 Å². The molecule has 1 aliphatic carbocycles. The molecule has 3 aromatic rings. The van der Waals surface area contributed by atoms with Gasteiger partial charge in [0.2, 0.25) is 5.91 Å². The summed E-state index contributed by atoms with van der Waals surface area (Å²) in [6.07, 6.45) is 1.53. The topological polar surface area (TPSA) is 163 Å². The van der Waals surface area contributed by atoms with Gasteiger partial charge in [0.15, 0.2) is 5.78 Å². The first-order valence-corrected chi connectivity index (χ1v) is 16.4. The Morgan fingerprint density at radius 1 is 1.10 bits per heavy atom. The third-order valence-electron chi connectivity index (χ3n) is 8.04. The fourth-order valence-corrected chi connectivity index (χ4v) is 6.88. The smallest absolute Gasteiger partial charge is 0.412 e. The molecule has 5 rings (SSSR count). The van der Waals surface area contributed by atoms with Crippen molar-refractivity contribution in [2.24, 2.45) is 5.41 Å². The van der Waals surface area contributed by atoms with E-state index in [1.165, 1.54) is 12.3 Å². The van der Waals surface area contributed by atoms with E-state index in [1.807, 2.05) is 4.90 Å². The van der Waals surface area contributed by atoms with E-state index in [2.05, 4.69) is 25.9 Å². The molecular formula is C33H38F2N6O6S. The number of Topliss-reactive ketones (excluding diaryl/α,β-unsaturated/α-hetero) is 1. The van der Waals surface area contributed by atoms with E-state index in [4.69, 9.17) is 4.74 Å². The van der Waals surface area contributed by atoms with Gasteiger partial charge in [0.05, 0.1) is 28.8 Å². The van der Waals surface area contributed by atoms with E-state index in [1.54, 1.807) is 34.6 Å². The van der Waals surface area contributed by atoms with Crippen LogP contribution in [0.2, 0.25) is 0 Å². The van der Waals surface area contributed by atoms with Crippen molar-refractivity contribution in [3.63, 3.8) is 0 Å². The average Bonchev–Trinajstić information content (AvgIpc) is 3.53. The number of piperidine rings is 1. The summed E-state index contributed by atoms with van der Waals surface area (Å²) in [4.78, 5) is 61.5. The number of amides is 3. The molecule has 4 N–H and O–H groups in total. The van der Waals surface area contributed by atoms with Gasteiger partial charge in [0.1, 0.15) is 32.9 Å². The zero-order valence-corrected chi connectivity index (χ0v) is 28.1. The number of nitrogens with zero attached hydrogens (tertiary/aromatic N) is 3. The summed E-state index contributed by atoms with van der Waals surface area (Å²) < 4.78 is 34.9. The highest BCUT2D eigenvalue weighted by molar-refractivity contribution is 7.19. The number of nitrogens with one attached hydrogen (secondary N) is 3. The van der Waals surface area contributed by atoms with Crippen molar-refractivity contribution in [2.75, 3.05) is 28.6 Å². The Morgan fingerprint density at radius 2 is 1.81 bits per heavy atom. The van der Waals surface area contributed by atoms with Crippen molar-refractivity contribution in [3.8, 4) is 10.6 Å². The molecule has 3 amide bonds. The van der Waals surface area contributed by atoms with Crippen LogP contribution in [-0.4, -0.2) is 63.7 Å². The summed E-state index contributed by atoms with van der Waals surface area (Å²) in [5.74, 6) is -2.20. The Balaban J connectivity index is 1.45. The van der Waals surface area contributed by atoms with E-state index in [0.717, 1.165) is 23.5 Å². The van der Waals surface area contributed by atoms with Crippen LogP contribution in [0.25, 0.3) is 10.6 Å². The number of hydrogen-bond donors (Lipinski definition) is 4. The number of carbonyl (C=O) groups excluding carboxylic acids is 3. The lowest BCUT2D eigenvalue weighted by Gasteiger charge is -2.36. The quantitative estimate of drug-likeness (QED) is 0.210. The van der Waals surface area contributed by atoms with Crippen LogP contribution in [0.4, 0.5) is 34.7 Å². The molecule has 2 aromatic heterocycles. The van der Waals surface area contributed by atoms with Crippen molar-refractivity contribution in [3.05, 3.63) is 53.0 Å². The van der Waals surface area contributed by atoms with Crippen LogP contribution in [0.5, 0.6) is 0 Å². The van der Waals surface area contributed by atoms with Crippen molar-refractivity contribution in [2.45, 2.75) is 78.4 Å². The normalized spacial score (nSPS) is 16.4. The molecule has 12 nitrogen and oxygen atoms in total. The summed E-state index contributed by atoms with van der Waals surface area (Å²) in [6.45, 7) is 9.34. The predicted octanol–water partition coefficient (Wildman–Crippen LogP) is 6.40.